The molecule has 0 aliphatic carbocycles. The molecule has 1 nitrogen and oxygen atoms in total. The number of hydrogen-bond donors (Lipinski definition) is 0. The average molecular weight is 354 g/mol. The molecule has 0 amide bonds. The second-order valence-electron chi connectivity index (χ2n) is 5.06. The van der Waals surface area contributed by atoms with Gasteiger partial charge in [-0.2, -0.15) is 0 Å². The molecule has 0 N–H and O–H groups in total. The summed E-state index contributed by atoms with van der Waals surface area (Å²) in [7, 11) is 1.70. The fourth-order valence-corrected chi connectivity index (χ4v) is 2.98. The van der Waals surface area contributed by atoms with Crippen LogP contribution < -0.4 is 4.74 Å². The van der Waals surface area contributed by atoms with Crippen molar-refractivity contribution in [1.29, 1.82) is 0 Å². The Morgan fingerprint density at radius 1 is 0.950 bits per heavy atom. The number of aryl methyl sites for hydroxylation is 3. The molecule has 2 aromatic carbocycles. The summed E-state index contributed by atoms with van der Waals surface area (Å²) in [5.74, 6) is 0.935. The van der Waals surface area contributed by atoms with Crippen LogP contribution in [0.25, 0.3) is 0 Å². The SMILES string of the molecule is COc1c(C)cc(C(Cl)c2ccc(Br)c(C)c2)cc1C. The Bertz CT molecular complexity index is 614. The van der Waals surface area contributed by atoms with Crippen molar-refractivity contribution in [3.05, 3.63) is 62.6 Å². The molecule has 1 unspecified atom stereocenters. The summed E-state index contributed by atoms with van der Waals surface area (Å²) in [6.07, 6.45) is 0. The molecule has 0 aliphatic heterocycles. The van der Waals surface area contributed by atoms with E-state index in [2.05, 4.69) is 47.1 Å². The first-order valence-corrected chi connectivity index (χ1v) is 7.72. The Morgan fingerprint density at radius 3 is 2.00 bits per heavy atom. The van der Waals surface area contributed by atoms with Gasteiger partial charge in [0.2, 0.25) is 0 Å². The molecule has 3 heteroatoms. The molecule has 0 bridgehead atoms. The van der Waals surface area contributed by atoms with Gasteiger partial charge < -0.3 is 4.74 Å². The molecule has 0 spiro atoms. The Hall–Kier alpha value is -0.990. The van der Waals surface area contributed by atoms with Crippen LogP contribution in [-0.4, -0.2) is 7.11 Å². The molecule has 106 valence electrons. The lowest BCUT2D eigenvalue weighted by Gasteiger charge is -2.16. The van der Waals surface area contributed by atoms with E-state index in [9.17, 15) is 0 Å². The van der Waals surface area contributed by atoms with Crippen LogP contribution in [-0.2, 0) is 0 Å². The summed E-state index contributed by atoms with van der Waals surface area (Å²) in [5, 5.41) is -0.148. The first-order valence-electron chi connectivity index (χ1n) is 6.49. The first kappa shape index (κ1) is 15.4. The minimum atomic E-state index is -0.148. The molecule has 2 aromatic rings. The van der Waals surface area contributed by atoms with Gasteiger partial charge in [-0.1, -0.05) is 40.2 Å². The predicted molar refractivity (Wildman–Crippen MR) is 89.0 cm³/mol. The van der Waals surface area contributed by atoms with Gasteiger partial charge in [-0.25, -0.2) is 0 Å². The zero-order valence-electron chi connectivity index (χ0n) is 12.1. The van der Waals surface area contributed by atoms with Crippen molar-refractivity contribution in [2.24, 2.45) is 0 Å². The highest BCUT2D eigenvalue weighted by Crippen LogP contribution is 2.34. The second kappa shape index (κ2) is 6.19. The quantitative estimate of drug-likeness (QED) is 0.642. The molecule has 0 aliphatic rings. The number of rotatable bonds is 3. The number of ether oxygens (including phenoxy) is 1. The Kier molecular flexibility index (Phi) is 4.77. The van der Waals surface area contributed by atoms with Gasteiger partial charge in [-0.3, -0.25) is 0 Å². The molecular formula is C17H18BrClO. The second-order valence-corrected chi connectivity index (χ2v) is 6.35. The number of alkyl halides is 1. The van der Waals surface area contributed by atoms with E-state index in [4.69, 9.17) is 16.3 Å². The fraction of sp³-hybridized carbons (Fsp3) is 0.294. The lowest BCUT2D eigenvalue weighted by atomic mass is 9.98. The monoisotopic (exact) mass is 352 g/mol. The Balaban J connectivity index is 2.42. The van der Waals surface area contributed by atoms with Crippen LogP contribution in [0.5, 0.6) is 5.75 Å². The zero-order chi connectivity index (χ0) is 14.9. The molecule has 0 fully saturated rings. The van der Waals surface area contributed by atoms with E-state index in [-0.39, 0.29) is 5.38 Å². The van der Waals surface area contributed by atoms with Crippen molar-refractivity contribution < 1.29 is 4.74 Å². The van der Waals surface area contributed by atoms with Crippen LogP contribution in [0.4, 0.5) is 0 Å². The smallest absolute Gasteiger partial charge is 0.124 e. The van der Waals surface area contributed by atoms with Gasteiger partial charge in [0.05, 0.1) is 12.5 Å². The zero-order valence-corrected chi connectivity index (χ0v) is 14.5. The number of benzene rings is 2. The largest absolute Gasteiger partial charge is 0.496 e. The van der Waals surface area contributed by atoms with Crippen molar-refractivity contribution in [2.45, 2.75) is 26.1 Å². The third-order valence-electron chi connectivity index (χ3n) is 3.45. The van der Waals surface area contributed by atoms with Crippen molar-refractivity contribution in [3.8, 4) is 5.75 Å². The van der Waals surface area contributed by atoms with E-state index in [1.807, 2.05) is 19.9 Å². The first-order chi connectivity index (χ1) is 9.43. The molecule has 20 heavy (non-hydrogen) atoms. The Labute approximate surface area is 134 Å². The summed E-state index contributed by atoms with van der Waals surface area (Å²) in [5.41, 5.74) is 5.62. The highest BCUT2D eigenvalue weighted by atomic mass is 79.9. The van der Waals surface area contributed by atoms with E-state index in [1.165, 1.54) is 5.56 Å². The highest BCUT2D eigenvalue weighted by molar-refractivity contribution is 9.10. The van der Waals surface area contributed by atoms with Crippen LogP contribution in [0, 0.1) is 20.8 Å². The third-order valence-corrected chi connectivity index (χ3v) is 4.85. The molecule has 0 saturated carbocycles. The maximum atomic E-state index is 6.64. The number of methoxy groups -OCH3 is 1. The molecule has 0 saturated heterocycles. The minimum absolute atomic E-state index is 0.148. The van der Waals surface area contributed by atoms with Crippen molar-refractivity contribution in [1.82, 2.24) is 0 Å². The van der Waals surface area contributed by atoms with Gasteiger partial charge >= 0.3 is 0 Å². The summed E-state index contributed by atoms with van der Waals surface area (Å²) < 4.78 is 6.51. The average Bonchev–Trinajstić information content (AvgIpc) is 2.40. The van der Waals surface area contributed by atoms with Gasteiger partial charge in [0.25, 0.3) is 0 Å². The van der Waals surface area contributed by atoms with Crippen molar-refractivity contribution >= 4 is 27.5 Å². The van der Waals surface area contributed by atoms with Gasteiger partial charge in [-0.15, -0.1) is 11.6 Å². The fourth-order valence-electron chi connectivity index (χ4n) is 2.47. The lowest BCUT2D eigenvalue weighted by molar-refractivity contribution is 0.408. The normalized spacial score (nSPS) is 12.3. The molecule has 2 rings (SSSR count). The van der Waals surface area contributed by atoms with Crippen LogP contribution in [0.1, 0.15) is 33.2 Å². The lowest BCUT2D eigenvalue weighted by Crippen LogP contribution is -1.98. The van der Waals surface area contributed by atoms with Gasteiger partial charge in [0.15, 0.2) is 0 Å². The van der Waals surface area contributed by atoms with Gasteiger partial charge in [-0.05, 0) is 54.7 Å². The number of halogens is 2. The molecular weight excluding hydrogens is 336 g/mol. The van der Waals surface area contributed by atoms with E-state index >= 15 is 0 Å². The maximum absolute atomic E-state index is 6.64. The van der Waals surface area contributed by atoms with Crippen molar-refractivity contribution in [3.63, 3.8) is 0 Å². The number of hydrogen-bond acceptors (Lipinski definition) is 1. The minimum Gasteiger partial charge on any atom is -0.496 e. The topological polar surface area (TPSA) is 9.23 Å². The van der Waals surface area contributed by atoms with Crippen LogP contribution in [0.15, 0.2) is 34.8 Å². The highest BCUT2D eigenvalue weighted by Gasteiger charge is 2.15. The predicted octanol–water partition coefficient (Wildman–Crippen LogP) is 5.71. The van der Waals surface area contributed by atoms with E-state index in [1.54, 1.807) is 7.11 Å². The van der Waals surface area contributed by atoms with Crippen LogP contribution in [0.2, 0.25) is 0 Å². The molecule has 0 aromatic heterocycles. The van der Waals surface area contributed by atoms with Crippen LogP contribution >= 0.6 is 27.5 Å². The summed E-state index contributed by atoms with van der Waals surface area (Å²) in [4.78, 5) is 0. The van der Waals surface area contributed by atoms with Gasteiger partial charge in [0, 0.05) is 4.47 Å². The maximum Gasteiger partial charge on any atom is 0.124 e. The van der Waals surface area contributed by atoms with Gasteiger partial charge in [0.1, 0.15) is 5.75 Å². The Morgan fingerprint density at radius 2 is 1.50 bits per heavy atom. The standard InChI is InChI=1S/C17H18BrClO/c1-10-7-13(5-6-15(10)18)16(19)14-8-11(2)17(20-4)12(3)9-14/h5-9,16H,1-4H3. The van der Waals surface area contributed by atoms with Crippen molar-refractivity contribution in [2.75, 3.05) is 7.11 Å². The molecule has 0 heterocycles. The summed E-state index contributed by atoms with van der Waals surface area (Å²) >= 11 is 10.2. The van der Waals surface area contributed by atoms with E-state index in [0.717, 1.165) is 32.5 Å². The third kappa shape index (κ3) is 3.02. The van der Waals surface area contributed by atoms with E-state index in [0.29, 0.717) is 0 Å². The summed E-state index contributed by atoms with van der Waals surface area (Å²) in [6.45, 7) is 6.17. The molecule has 0 radical (unpaired) electrons. The van der Waals surface area contributed by atoms with Crippen LogP contribution in [0.3, 0.4) is 0 Å². The van der Waals surface area contributed by atoms with E-state index < -0.39 is 0 Å². The molecule has 1 atom stereocenters. The summed E-state index contributed by atoms with van der Waals surface area (Å²) in [6, 6.07) is 10.4.